The third-order valence-electron chi connectivity index (χ3n) is 1.84. The highest BCUT2D eigenvalue weighted by molar-refractivity contribution is 4.85. The highest BCUT2D eigenvalue weighted by atomic mass is 15.1. The standard InChI is InChI=1S/C9H17N/c1-5-7-8-9(3)10(4)6-2/h2,9H,5,7-8H2,1,3-4H3. The molecule has 0 aliphatic rings. The zero-order valence-corrected chi connectivity index (χ0v) is 7.22. The van der Waals surface area contributed by atoms with Gasteiger partial charge in [-0.1, -0.05) is 26.2 Å². The first-order chi connectivity index (χ1) is 4.72. The second-order valence-electron chi connectivity index (χ2n) is 2.73. The molecule has 0 aromatic rings. The first kappa shape index (κ1) is 9.36. The highest BCUT2D eigenvalue weighted by Crippen LogP contribution is 2.04. The molecule has 0 bridgehead atoms. The molecule has 0 radical (unpaired) electrons. The van der Waals surface area contributed by atoms with Gasteiger partial charge >= 0.3 is 0 Å². The fourth-order valence-corrected chi connectivity index (χ4v) is 0.820. The molecule has 0 rings (SSSR count). The van der Waals surface area contributed by atoms with Gasteiger partial charge in [0, 0.05) is 19.1 Å². The summed E-state index contributed by atoms with van der Waals surface area (Å²) in [5.41, 5.74) is 0. The van der Waals surface area contributed by atoms with Gasteiger partial charge in [-0.05, 0) is 13.3 Å². The quantitative estimate of drug-likeness (QED) is 0.426. The summed E-state index contributed by atoms with van der Waals surface area (Å²) in [6, 6.07) is 3.14. The monoisotopic (exact) mass is 139 g/mol. The molecule has 0 aromatic heterocycles. The van der Waals surface area contributed by atoms with Gasteiger partial charge in [0.25, 0.3) is 0 Å². The van der Waals surface area contributed by atoms with Crippen LogP contribution in [0, 0.1) is 12.5 Å². The molecule has 0 aliphatic carbocycles. The van der Waals surface area contributed by atoms with E-state index in [4.69, 9.17) is 6.42 Å². The predicted molar refractivity (Wildman–Crippen MR) is 45.6 cm³/mol. The lowest BCUT2D eigenvalue weighted by Gasteiger charge is -2.19. The molecule has 0 saturated heterocycles. The maximum atomic E-state index is 5.22. The van der Waals surface area contributed by atoms with Crippen LogP contribution in [-0.4, -0.2) is 18.0 Å². The Balaban J connectivity index is 3.43. The zero-order chi connectivity index (χ0) is 7.98. The average Bonchev–Trinajstić information content (AvgIpc) is 1.98. The van der Waals surface area contributed by atoms with E-state index >= 15 is 0 Å². The topological polar surface area (TPSA) is 3.24 Å². The molecule has 0 fully saturated rings. The van der Waals surface area contributed by atoms with Gasteiger partial charge in [0.1, 0.15) is 0 Å². The van der Waals surface area contributed by atoms with E-state index in [0.717, 1.165) is 0 Å². The second-order valence-corrected chi connectivity index (χ2v) is 2.73. The molecular formula is C9H17N. The van der Waals surface area contributed by atoms with E-state index in [0.29, 0.717) is 6.04 Å². The smallest absolute Gasteiger partial charge is 0.0339 e. The van der Waals surface area contributed by atoms with Gasteiger partial charge in [0.2, 0.25) is 0 Å². The molecule has 1 heteroatoms. The van der Waals surface area contributed by atoms with Crippen molar-refractivity contribution in [3.8, 4) is 12.5 Å². The highest BCUT2D eigenvalue weighted by Gasteiger charge is 2.02. The van der Waals surface area contributed by atoms with Crippen LogP contribution in [-0.2, 0) is 0 Å². The van der Waals surface area contributed by atoms with Crippen LogP contribution in [0.15, 0.2) is 0 Å². The van der Waals surface area contributed by atoms with Gasteiger partial charge in [-0.2, -0.15) is 0 Å². The number of hydrogen-bond donors (Lipinski definition) is 0. The fourth-order valence-electron chi connectivity index (χ4n) is 0.820. The zero-order valence-electron chi connectivity index (χ0n) is 7.22. The molecule has 1 nitrogen and oxygen atoms in total. The Bertz CT molecular complexity index is 112. The Labute approximate surface area is 64.4 Å². The minimum Gasteiger partial charge on any atom is -0.333 e. The van der Waals surface area contributed by atoms with Crippen molar-refractivity contribution in [2.45, 2.75) is 39.2 Å². The van der Waals surface area contributed by atoms with Crippen LogP contribution in [0.1, 0.15) is 33.1 Å². The lowest BCUT2D eigenvalue weighted by Crippen LogP contribution is -2.23. The molecular weight excluding hydrogens is 122 g/mol. The Kier molecular flexibility index (Phi) is 4.84. The van der Waals surface area contributed by atoms with Gasteiger partial charge in [0.05, 0.1) is 0 Å². The number of hydrogen-bond acceptors (Lipinski definition) is 1. The maximum absolute atomic E-state index is 5.22. The van der Waals surface area contributed by atoms with E-state index in [1.165, 1.54) is 19.3 Å². The van der Waals surface area contributed by atoms with Crippen LogP contribution in [0.25, 0.3) is 0 Å². The van der Waals surface area contributed by atoms with E-state index in [2.05, 4.69) is 19.9 Å². The van der Waals surface area contributed by atoms with Crippen LogP contribution >= 0.6 is 0 Å². The molecule has 0 amide bonds. The summed E-state index contributed by atoms with van der Waals surface area (Å²) in [5, 5.41) is 0. The van der Waals surface area contributed by atoms with E-state index in [1.54, 1.807) is 0 Å². The largest absolute Gasteiger partial charge is 0.333 e. The summed E-state index contributed by atoms with van der Waals surface area (Å²) in [6.45, 7) is 4.36. The Morgan fingerprint density at radius 3 is 2.60 bits per heavy atom. The van der Waals surface area contributed by atoms with Gasteiger partial charge in [0.15, 0.2) is 0 Å². The number of nitrogens with zero attached hydrogens (tertiary/aromatic N) is 1. The van der Waals surface area contributed by atoms with E-state index < -0.39 is 0 Å². The average molecular weight is 139 g/mol. The van der Waals surface area contributed by atoms with Crippen molar-refractivity contribution in [3.63, 3.8) is 0 Å². The summed E-state index contributed by atoms with van der Waals surface area (Å²) >= 11 is 0. The molecule has 0 aliphatic heterocycles. The van der Waals surface area contributed by atoms with Crippen LogP contribution in [0.5, 0.6) is 0 Å². The van der Waals surface area contributed by atoms with Crippen molar-refractivity contribution >= 4 is 0 Å². The number of terminal acetylenes is 1. The third-order valence-corrected chi connectivity index (χ3v) is 1.84. The molecule has 0 saturated carbocycles. The van der Waals surface area contributed by atoms with E-state index in [1.807, 2.05) is 11.9 Å². The van der Waals surface area contributed by atoms with Crippen molar-refractivity contribution in [1.29, 1.82) is 0 Å². The normalized spacial score (nSPS) is 12.2. The predicted octanol–water partition coefficient (Wildman–Crippen LogP) is 2.09. The number of unbranched alkanes of at least 4 members (excludes halogenated alkanes) is 1. The van der Waals surface area contributed by atoms with Gasteiger partial charge in [-0.3, -0.25) is 0 Å². The lowest BCUT2D eigenvalue weighted by molar-refractivity contribution is 0.345. The van der Waals surface area contributed by atoms with Crippen LogP contribution in [0.2, 0.25) is 0 Å². The third kappa shape index (κ3) is 3.40. The van der Waals surface area contributed by atoms with Crippen molar-refractivity contribution in [2.24, 2.45) is 0 Å². The Morgan fingerprint density at radius 1 is 1.60 bits per heavy atom. The molecule has 1 unspecified atom stereocenters. The van der Waals surface area contributed by atoms with Crippen molar-refractivity contribution in [3.05, 3.63) is 0 Å². The van der Waals surface area contributed by atoms with E-state index in [9.17, 15) is 0 Å². The molecule has 1 atom stereocenters. The maximum Gasteiger partial charge on any atom is 0.0339 e. The Morgan fingerprint density at radius 2 is 2.20 bits per heavy atom. The SMILES string of the molecule is C#CN(C)C(C)CCCC. The molecule has 0 aromatic carbocycles. The summed E-state index contributed by atoms with van der Waals surface area (Å²) in [4.78, 5) is 1.93. The number of rotatable bonds is 4. The van der Waals surface area contributed by atoms with Crippen LogP contribution in [0.3, 0.4) is 0 Å². The summed E-state index contributed by atoms with van der Waals surface area (Å²) in [5.74, 6) is 0. The minimum absolute atomic E-state index is 0.532. The van der Waals surface area contributed by atoms with E-state index in [-0.39, 0.29) is 0 Å². The van der Waals surface area contributed by atoms with Crippen molar-refractivity contribution < 1.29 is 0 Å². The van der Waals surface area contributed by atoms with Gasteiger partial charge in [-0.15, -0.1) is 0 Å². The summed E-state index contributed by atoms with van der Waals surface area (Å²) in [6.07, 6.45) is 8.95. The van der Waals surface area contributed by atoms with Crippen molar-refractivity contribution in [1.82, 2.24) is 4.90 Å². The molecule has 58 valence electrons. The fraction of sp³-hybridized carbons (Fsp3) is 0.778. The summed E-state index contributed by atoms with van der Waals surface area (Å²) in [7, 11) is 1.96. The van der Waals surface area contributed by atoms with Gasteiger partial charge in [-0.25, -0.2) is 0 Å². The first-order valence-corrected chi connectivity index (χ1v) is 3.91. The lowest BCUT2D eigenvalue weighted by atomic mass is 10.1. The second kappa shape index (κ2) is 5.17. The first-order valence-electron chi connectivity index (χ1n) is 3.91. The minimum atomic E-state index is 0.532. The Hall–Kier alpha value is -0.640. The molecule has 0 N–H and O–H groups in total. The van der Waals surface area contributed by atoms with Crippen LogP contribution in [0.4, 0.5) is 0 Å². The molecule has 0 heterocycles. The molecule has 0 spiro atoms. The van der Waals surface area contributed by atoms with Crippen molar-refractivity contribution in [2.75, 3.05) is 7.05 Å². The van der Waals surface area contributed by atoms with Gasteiger partial charge < -0.3 is 4.90 Å². The van der Waals surface area contributed by atoms with Crippen LogP contribution < -0.4 is 0 Å². The molecule has 10 heavy (non-hydrogen) atoms. The summed E-state index contributed by atoms with van der Waals surface area (Å²) < 4.78 is 0.